The summed E-state index contributed by atoms with van der Waals surface area (Å²) in [5.74, 6) is 0.862. The number of aromatic nitrogens is 3. The SMILES string of the molecule is CNc1nc(NC(C)(C)CCO)nc(OC(C)C)n1. The zero-order valence-corrected chi connectivity index (χ0v) is 12.2. The van der Waals surface area contributed by atoms with E-state index in [1.165, 1.54) is 0 Å². The molecule has 3 N–H and O–H groups in total. The van der Waals surface area contributed by atoms with Crippen molar-refractivity contribution in [2.24, 2.45) is 0 Å². The third kappa shape index (κ3) is 5.25. The number of anilines is 2. The molecular weight excluding hydrogens is 246 g/mol. The van der Waals surface area contributed by atoms with Gasteiger partial charge in [-0.3, -0.25) is 0 Å². The lowest BCUT2D eigenvalue weighted by Gasteiger charge is -2.25. The summed E-state index contributed by atoms with van der Waals surface area (Å²) in [6, 6.07) is 0.275. The van der Waals surface area contributed by atoms with Crippen molar-refractivity contribution in [2.75, 3.05) is 24.3 Å². The molecule has 19 heavy (non-hydrogen) atoms. The van der Waals surface area contributed by atoms with E-state index in [2.05, 4.69) is 25.6 Å². The summed E-state index contributed by atoms with van der Waals surface area (Å²) in [5, 5.41) is 15.1. The summed E-state index contributed by atoms with van der Waals surface area (Å²) < 4.78 is 5.48. The van der Waals surface area contributed by atoms with Gasteiger partial charge in [-0.15, -0.1) is 0 Å². The predicted octanol–water partition coefficient (Wildman–Crippen LogP) is 1.27. The van der Waals surface area contributed by atoms with Gasteiger partial charge in [0.2, 0.25) is 11.9 Å². The highest BCUT2D eigenvalue weighted by Crippen LogP contribution is 2.18. The fourth-order valence-electron chi connectivity index (χ4n) is 1.43. The molecular formula is C12H23N5O2. The largest absolute Gasteiger partial charge is 0.461 e. The van der Waals surface area contributed by atoms with Crippen LogP contribution in [0.25, 0.3) is 0 Å². The molecule has 0 amide bonds. The second kappa shape index (κ2) is 6.51. The molecule has 0 atom stereocenters. The Hall–Kier alpha value is -1.63. The van der Waals surface area contributed by atoms with Gasteiger partial charge in [-0.2, -0.15) is 15.0 Å². The molecule has 0 saturated carbocycles. The number of aliphatic hydroxyl groups is 1. The van der Waals surface area contributed by atoms with Gasteiger partial charge in [0.15, 0.2) is 0 Å². The molecule has 1 heterocycles. The van der Waals surface area contributed by atoms with Crippen LogP contribution >= 0.6 is 0 Å². The molecule has 7 heteroatoms. The number of hydrogen-bond acceptors (Lipinski definition) is 7. The third-order valence-electron chi connectivity index (χ3n) is 2.37. The van der Waals surface area contributed by atoms with Crippen LogP contribution in [-0.4, -0.2) is 45.4 Å². The molecule has 0 unspecified atom stereocenters. The van der Waals surface area contributed by atoms with Crippen LogP contribution in [-0.2, 0) is 0 Å². The van der Waals surface area contributed by atoms with Crippen LogP contribution in [0.3, 0.4) is 0 Å². The van der Waals surface area contributed by atoms with Crippen LogP contribution in [0.4, 0.5) is 11.9 Å². The lowest BCUT2D eigenvalue weighted by Crippen LogP contribution is -2.33. The molecule has 0 spiro atoms. The second-order valence-electron chi connectivity index (χ2n) is 5.16. The lowest BCUT2D eigenvalue weighted by molar-refractivity contribution is 0.222. The molecule has 0 aromatic carbocycles. The summed E-state index contributed by atoms with van der Waals surface area (Å²) in [6.45, 7) is 7.85. The summed E-state index contributed by atoms with van der Waals surface area (Å²) in [4.78, 5) is 12.6. The standard InChI is InChI=1S/C12H23N5O2/c1-8(2)19-11-15-9(13-5)14-10(16-11)17-12(3,4)6-7-18/h8,18H,6-7H2,1-5H3,(H2,13,14,15,16,17). The minimum Gasteiger partial charge on any atom is -0.461 e. The lowest BCUT2D eigenvalue weighted by atomic mass is 10.0. The van der Waals surface area contributed by atoms with Crippen molar-refractivity contribution in [3.63, 3.8) is 0 Å². The van der Waals surface area contributed by atoms with E-state index < -0.39 is 0 Å². The summed E-state index contributed by atoms with van der Waals surface area (Å²) >= 11 is 0. The Labute approximate surface area is 113 Å². The summed E-state index contributed by atoms with van der Waals surface area (Å²) in [5.41, 5.74) is -0.309. The van der Waals surface area contributed by atoms with E-state index in [0.717, 1.165) is 0 Å². The Morgan fingerprint density at radius 1 is 1.21 bits per heavy atom. The van der Waals surface area contributed by atoms with Crippen LogP contribution in [0.15, 0.2) is 0 Å². The minimum atomic E-state index is -0.309. The number of rotatable bonds is 7. The monoisotopic (exact) mass is 269 g/mol. The average Bonchev–Trinajstić information content (AvgIpc) is 2.26. The first kappa shape index (κ1) is 15.4. The van der Waals surface area contributed by atoms with Gasteiger partial charge in [0.05, 0.1) is 6.10 Å². The van der Waals surface area contributed by atoms with Crippen molar-refractivity contribution in [3.05, 3.63) is 0 Å². The summed E-state index contributed by atoms with van der Waals surface area (Å²) in [7, 11) is 1.73. The van der Waals surface area contributed by atoms with Crippen molar-refractivity contribution in [1.82, 2.24) is 15.0 Å². The van der Waals surface area contributed by atoms with Gasteiger partial charge < -0.3 is 20.5 Å². The maximum Gasteiger partial charge on any atom is 0.323 e. The third-order valence-corrected chi connectivity index (χ3v) is 2.37. The second-order valence-corrected chi connectivity index (χ2v) is 5.16. The van der Waals surface area contributed by atoms with Crippen molar-refractivity contribution < 1.29 is 9.84 Å². The first-order valence-electron chi connectivity index (χ1n) is 6.36. The van der Waals surface area contributed by atoms with Gasteiger partial charge in [-0.05, 0) is 34.1 Å². The van der Waals surface area contributed by atoms with Crippen molar-refractivity contribution >= 4 is 11.9 Å². The Kier molecular flexibility index (Phi) is 5.29. The smallest absolute Gasteiger partial charge is 0.323 e. The Balaban J connectivity index is 2.93. The number of hydrogen-bond donors (Lipinski definition) is 3. The topological polar surface area (TPSA) is 92.2 Å². The molecule has 0 radical (unpaired) electrons. The Bertz CT molecular complexity index is 409. The molecule has 1 rings (SSSR count). The molecule has 0 aliphatic heterocycles. The van der Waals surface area contributed by atoms with E-state index in [1.54, 1.807) is 7.05 Å². The molecule has 1 aromatic rings. The first-order valence-corrected chi connectivity index (χ1v) is 6.36. The highest BCUT2D eigenvalue weighted by atomic mass is 16.5. The first-order chi connectivity index (χ1) is 8.86. The molecule has 7 nitrogen and oxygen atoms in total. The van der Waals surface area contributed by atoms with Crippen molar-refractivity contribution in [3.8, 4) is 6.01 Å². The van der Waals surface area contributed by atoms with Crippen LogP contribution < -0.4 is 15.4 Å². The predicted molar refractivity (Wildman–Crippen MR) is 74.5 cm³/mol. The molecule has 0 fully saturated rings. The fourth-order valence-corrected chi connectivity index (χ4v) is 1.43. The van der Waals surface area contributed by atoms with E-state index in [1.807, 2.05) is 27.7 Å². The Morgan fingerprint density at radius 3 is 2.37 bits per heavy atom. The van der Waals surface area contributed by atoms with Gasteiger partial charge in [0, 0.05) is 19.2 Å². The molecule has 1 aromatic heterocycles. The molecule has 0 aliphatic carbocycles. The molecule has 108 valence electrons. The molecule has 0 aliphatic rings. The van der Waals surface area contributed by atoms with Gasteiger partial charge in [0.1, 0.15) is 0 Å². The minimum absolute atomic E-state index is 0.00888. The Morgan fingerprint density at radius 2 is 1.84 bits per heavy atom. The maximum absolute atomic E-state index is 9.02. The number of aliphatic hydroxyl groups excluding tert-OH is 1. The van der Waals surface area contributed by atoms with Crippen LogP contribution in [0.5, 0.6) is 6.01 Å². The zero-order valence-electron chi connectivity index (χ0n) is 12.2. The number of nitrogens with one attached hydrogen (secondary N) is 2. The van der Waals surface area contributed by atoms with Crippen LogP contribution in [0.2, 0.25) is 0 Å². The van der Waals surface area contributed by atoms with E-state index >= 15 is 0 Å². The van der Waals surface area contributed by atoms with E-state index in [9.17, 15) is 0 Å². The van der Waals surface area contributed by atoms with Gasteiger partial charge in [-0.25, -0.2) is 0 Å². The quantitative estimate of drug-likeness (QED) is 0.686. The highest BCUT2D eigenvalue weighted by molar-refractivity contribution is 5.37. The highest BCUT2D eigenvalue weighted by Gasteiger charge is 2.19. The van der Waals surface area contributed by atoms with Gasteiger partial charge in [-0.1, -0.05) is 0 Å². The van der Waals surface area contributed by atoms with E-state index in [4.69, 9.17) is 9.84 Å². The number of ether oxygens (including phenoxy) is 1. The van der Waals surface area contributed by atoms with Crippen molar-refractivity contribution in [1.29, 1.82) is 0 Å². The van der Waals surface area contributed by atoms with E-state index in [0.29, 0.717) is 18.3 Å². The molecule has 0 saturated heterocycles. The van der Waals surface area contributed by atoms with Crippen molar-refractivity contribution in [2.45, 2.75) is 45.8 Å². The van der Waals surface area contributed by atoms with Gasteiger partial charge >= 0.3 is 6.01 Å². The van der Waals surface area contributed by atoms with Crippen LogP contribution in [0, 0.1) is 0 Å². The van der Waals surface area contributed by atoms with E-state index in [-0.39, 0.29) is 24.3 Å². The maximum atomic E-state index is 9.02. The zero-order chi connectivity index (χ0) is 14.5. The van der Waals surface area contributed by atoms with Gasteiger partial charge in [0.25, 0.3) is 0 Å². The number of nitrogens with zero attached hydrogens (tertiary/aromatic N) is 3. The average molecular weight is 269 g/mol. The normalized spacial score (nSPS) is 11.5. The fraction of sp³-hybridized carbons (Fsp3) is 0.750. The molecule has 0 bridgehead atoms. The van der Waals surface area contributed by atoms with Crippen LogP contribution in [0.1, 0.15) is 34.1 Å². The summed E-state index contributed by atoms with van der Waals surface area (Å²) in [6.07, 6.45) is 0.582.